The Morgan fingerprint density at radius 3 is 1.57 bits per heavy atom. The van der Waals surface area contributed by atoms with E-state index in [9.17, 15) is 0 Å². The Balaban J connectivity index is 1.06. The maximum atomic E-state index is 2.38. The van der Waals surface area contributed by atoms with Crippen molar-refractivity contribution < 1.29 is 0 Å². The summed E-state index contributed by atoms with van der Waals surface area (Å²) in [7, 11) is 0. The fraction of sp³-hybridized carbons (Fsp3) is 0.0545. The molecule has 9 aromatic rings. The predicted octanol–water partition coefficient (Wildman–Crippen LogP) is 15.3. The van der Waals surface area contributed by atoms with Gasteiger partial charge in [-0.15, -0.1) is 0 Å². The Kier molecular flexibility index (Phi) is 8.23. The van der Waals surface area contributed by atoms with E-state index in [1.54, 1.807) is 0 Å². The van der Waals surface area contributed by atoms with Gasteiger partial charge in [0.05, 0.1) is 0 Å². The van der Waals surface area contributed by atoms with Crippen LogP contribution in [0.4, 0.5) is 17.1 Å². The van der Waals surface area contributed by atoms with Gasteiger partial charge >= 0.3 is 0 Å². The number of fused-ring (bicyclic) bond motifs is 4. The summed E-state index contributed by atoms with van der Waals surface area (Å²) in [6.45, 7) is 4.69. The summed E-state index contributed by atoms with van der Waals surface area (Å²) < 4.78 is 0. The lowest BCUT2D eigenvalue weighted by Gasteiger charge is -2.27. The Morgan fingerprint density at radius 2 is 0.804 bits per heavy atom. The lowest BCUT2D eigenvalue weighted by Crippen LogP contribution is -2.14. The molecule has 56 heavy (non-hydrogen) atoms. The number of hydrogen-bond acceptors (Lipinski definition) is 1. The molecular formula is C55H41N. The number of hydrogen-bond donors (Lipinski definition) is 0. The summed E-state index contributed by atoms with van der Waals surface area (Å²) in [6.07, 6.45) is 0. The van der Waals surface area contributed by atoms with Gasteiger partial charge < -0.3 is 4.90 Å². The third-order valence-electron chi connectivity index (χ3n) is 11.7. The van der Waals surface area contributed by atoms with E-state index in [-0.39, 0.29) is 5.41 Å². The summed E-state index contributed by atoms with van der Waals surface area (Å²) >= 11 is 0. The van der Waals surface area contributed by atoms with Crippen molar-refractivity contribution in [2.75, 3.05) is 4.90 Å². The van der Waals surface area contributed by atoms with E-state index < -0.39 is 0 Å². The zero-order chi connectivity index (χ0) is 37.6. The van der Waals surface area contributed by atoms with E-state index in [0.717, 1.165) is 17.1 Å². The van der Waals surface area contributed by atoms with Gasteiger partial charge in [-0.25, -0.2) is 0 Å². The number of anilines is 3. The molecule has 0 fully saturated rings. The summed E-state index contributed by atoms with van der Waals surface area (Å²) in [4.78, 5) is 2.38. The molecule has 0 amide bonds. The second-order valence-corrected chi connectivity index (χ2v) is 15.4. The Bertz CT molecular complexity index is 2860. The molecule has 0 aliphatic heterocycles. The van der Waals surface area contributed by atoms with Gasteiger partial charge in [0.25, 0.3) is 0 Å². The van der Waals surface area contributed by atoms with Gasteiger partial charge in [0.15, 0.2) is 0 Å². The van der Waals surface area contributed by atoms with E-state index in [2.05, 4.69) is 231 Å². The van der Waals surface area contributed by atoms with Crippen LogP contribution in [0.2, 0.25) is 0 Å². The topological polar surface area (TPSA) is 3.24 Å². The van der Waals surface area contributed by atoms with Gasteiger partial charge in [-0.2, -0.15) is 0 Å². The molecule has 1 nitrogen and oxygen atoms in total. The van der Waals surface area contributed by atoms with Crippen LogP contribution in [0.1, 0.15) is 25.0 Å². The van der Waals surface area contributed by atoms with Crippen molar-refractivity contribution in [2.45, 2.75) is 19.3 Å². The highest BCUT2D eigenvalue weighted by Crippen LogP contribution is 2.52. The monoisotopic (exact) mass is 715 g/mol. The number of rotatable bonds is 7. The van der Waals surface area contributed by atoms with Crippen LogP contribution in [0.3, 0.4) is 0 Å². The molecule has 0 bridgehead atoms. The normalized spacial score (nSPS) is 12.6. The summed E-state index contributed by atoms with van der Waals surface area (Å²) in [5, 5.41) is 2.50. The van der Waals surface area contributed by atoms with Crippen molar-refractivity contribution in [1.29, 1.82) is 0 Å². The van der Waals surface area contributed by atoms with Gasteiger partial charge in [0, 0.05) is 22.5 Å². The first kappa shape index (κ1) is 33.6. The average Bonchev–Trinajstić information content (AvgIpc) is 3.50. The molecule has 0 aromatic heterocycles. The van der Waals surface area contributed by atoms with Gasteiger partial charge in [-0.1, -0.05) is 178 Å². The lowest BCUT2D eigenvalue weighted by atomic mass is 9.82. The van der Waals surface area contributed by atoms with Crippen molar-refractivity contribution in [3.8, 4) is 55.6 Å². The van der Waals surface area contributed by atoms with Crippen LogP contribution >= 0.6 is 0 Å². The highest BCUT2D eigenvalue weighted by Gasteiger charge is 2.36. The first-order chi connectivity index (χ1) is 27.5. The van der Waals surface area contributed by atoms with Gasteiger partial charge in [0.1, 0.15) is 0 Å². The molecule has 0 radical (unpaired) electrons. The predicted molar refractivity (Wildman–Crippen MR) is 238 cm³/mol. The van der Waals surface area contributed by atoms with E-state index in [1.807, 2.05) is 0 Å². The Morgan fingerprint density at radius 1 is 0.304 bits per heavy atom. The highest BCUT2D eigenvalue weighted by atomic mass is 15.1. The zero-order valence-electron chi connectivity index (χ0n) is 31.7. The molecule has 266 valence electrons. The van der Waals surface area contributed by atoms with Crippen LogP contribution < -0.4 is 4.90 Å². The molecule has 0 heterocycles. The van der Waals surface area contributed by atoms with Crippen molar-refractivity contribution >= 4 is 27.8 Å². The van der Waals surface area contributed by atoms with Gasteiger partial charge in [0.2, 0.25) is 0 Å². The summed E-state index contributed by atoms with van der Waals surface area (Å²) in [5.41, 5.74) is 18.5. The third kappa shape index (κ3) is 5.90. The van der Waals surface area contributed by atoms with Crippen molar-refractivity contribution in [1.82, 2.24) is 0 Å². The minimum absolute atomic E-state index is 0.0384. The SMILES string of the molecule is CC1(C)c2ccccc2-c2c(-c3ccc(N(c4ccc(-c5ccc6ccccc6c5)cc4)c4cccc(-c5cccc(-c6ccccc6)c5)c4)cc3)cccc21. The average molecular weight is 716 g/mol. The second-order valence-electron chi connectivity index (χ2n) is 15.4. The quantitative estimate of drug-likeness (QED) is 0.159. The van der Waals surface area contributed by atoms with E-state index in [1.165, 1.54) is 77.5 Å². The molecule has 0 atom stereocenters. The Labute approximate surface area is 329 Å². The molecule has 1 aliphatic rings. The smallest absolute Gasteiger partial charge is 0.0467 e. The van der Waals surface area contributed by atoms with E-state index in [4.69, 9.17) is 0 Å². The Hall–Kier alpha value is -6.96. The number of nitrogens with zero attached hydrogens (tertiary/aromatic N) is 1. The van der Waals surface area contributed by atoms with Crippen LogP contribution in [-0.2, 0) is 5.41 Å². The zero-order valence-corrected chi connectivity index (χ0v) is 31.7. The van der Waals surface area contributed by atoms with Crippen molar-refractivity contribution in [2.24, 2.45) is 0 Å². The maximum absolute atomic E-state index is 2.38. The van der Waals surface area contributed by atoms with Crippen LogP contribution in [-0.4, -0.2) is 0 Å². The number of benzene rings is 9. The molecule has 10 rings (SSSR count). The second kappa shape index (κ2) is 13.7. The molecule has 1 heteroatoms. The molecule has 0 spiro atoms. The highest BCUT2D eigenvalue weighted by molar-refractivity contribution is 5.93. The first-order valence-electron chi connectivity index (χ1n) is 19.5. The maximum Gasteiger partial charge on any atom is 0.0467 e. The molecule has 0 saturated carbocycles. The molecular weight excluding hydrogens is 675 g/mol. The van der Waals surface area contributed by atoms with Crippen LogP contribution in [0.25, 0.3) is 66.4 Å². The van der Waals surface area contributed by atoms with Crippen LogP contribution in [0.15, 0.2) is 212 Å². The third-order valence-corrected chi connectivity index (χ3v) is 11.7. The molecule has 0 N–H and O–H groups in total. The van der Waals surface area contributed by atoms with Crippen LogP contribution in [0.5, 0.6) is 0 Å². The minimum Gasteiger partial charge on any atom is -0.310 e. The van der Waals surface area contributed by atoms with E-state index >= 15 is 0 Å². The largest absolute Gasteiger partial charge is 0.310 e. The van der Waals surface area contributed by atoms with Gasteiger partial charge in [-0.3, -0.25) is 0 Å². The van der Waals surface area contributed by atoms with Crippen molar-refractivity contribution in [3.63, 3.8) is 0 Å². The fourth-order valence-electron chi connectivity index (χ4n) is 8.74. The molecule has 1 aliphatic carbocycles. The molecule has 0 saturated heterocycles. The lowest BCUT2D eigenvalue weighted by molar-refractivity contribution is 0.660. The standard InChI is InChI=1S/C55H41N/c1-55(2)52-23-9-8-21-51(52)54-50(22-12-24-53(54)55)41-29-33-48(34-30-41)56(47-31-27-40(28-32-47)46-26-25-39-15-6-7-16-42(39)36-46)49-20-11-19-45(37-49)44-18-10-17-43(35-44)38-13-4-3-5-14-38/h3-37H,1-2H3. The van der Waals surface area contributed by atoms with Crippen LogP contribution in [0, 0.1) is 0 Å². The first-order valence-corrected chi connectivity index (χ1v) is 19.5. The minimum atomic E-state index is -0.0384. The van der Waals surface area contributed by atoms with Gasteiger partial charge in [-0.05, 0) is 126 Å². The van der Waals surface area contributed by atoms with Crippen molar-refractivity contribution in [3.05, 3.63) is 223 Å². The molecule has 0 unspecified atom stereocenters. The molecule has 9 aromatic carbocycles. The fourth-order valence-corrected chi connectivity index (χ4v) is 8.74. The summed E-state index contributed by atoms with van der Waals surface area (Å²) in [6, 6.07) is 77.5. The summed E-state index contributed by atoms with van der Waals surface area (Å²) in [5.74, 6) is 0. The van der Waals surface area contributed by atoms with E-state index in [0.29, 0.717) is 0 Å².